The molecular weight excluding hydrogens is 156 g/mol. The third-order valence-electron chi connectivity index (χ3n) is 1.15. The van der Waals surface area contributed by atoms with Gasteiger partial charge in [-0.25, -0.2) is 0 Å². The maximum atomic E-state index is 10.3. The number of carbonyl (C=O) groups excluding carboxylic acids is 1. The Kier molecular flexibility index (Phi) is 2.33. The predicted octanol–water partition coefficient (Wildman–Crippen LogP) is -0.781. The molecule has 0 atom stereocenters. The zero-order valence-electron chi connectivity index (χ0n) is 6.29. The van der Waals surface area contributed by atoms with Crippen LogP contribution in [0.3, 0.4) is 0 Å². The van der Waals surface area contributed by atoms with E-state index in [1.165, 1.54) is 6.20 Å². The lowest BCUT2D eigenvalue weighted by molar-refractivity contribution is -0.117. The molecule has 0 saturated carbocycles. The molecule has 1 aromatic rings. The fourth-order valence-corrected chi connectivity index (χ4v) is 0.622. The largest absolute Gasteiger partial charge is 0.383 e. The molecule has 1 amide bonds. The smallest absolute Gasteiger partial charge is 0.229 e. The summed E-state index contributed by atoms with van der Waals surface area (Å²) < 4.78 is 0. The van der Waals surface area contributed by atoms with Crippen molar-refractivity contribution in [2.75, 3.05) is 5.73 Å². The van der Waals surface area contributed by atoms with Crippen LogP contribution in [0.2, 0.25) is 0 Å². The quantitative estimate of drug-likeness (QED) is 0.475. The minimum Gasteiger partial charge on any atom is -0.383 e. The Labute approximate surface area is 69.1 Å². The number of aromatic nitrogens is 2. The highest BCUT2D eigenvalue weighted by molar-refractivity contribution is 5.76. The van der Waals surface area contributed by atoms with Crippen molar-refractivity contribution in [1.29, 1.82) is 0 Å². The summed E-state index contributed by atoms with van der Waals surface area (Å²) in [4.78, 5) is 10.3. The van der Waals surface area contributed by atoms with E-state index in [4.69, 9.17) is 11.5 Å². The molecule has 1 rings (SSSR count). The third kappa shape index (κ3) is 2.02. The molecule has 62 valence electrons. The molecule has 5 heteroatoms. The number of rotatable bonds is 1. The molecule has 0 aliphatic rings. The van der Waals surface area contributed by atoms with Crippen LogP contribution in [0.25, 0.3) is 0 Å². The molecule has 0 fully saturated rings. The van der Waals surface area contributed by atoms with Crippen LogP contribution in [0.15, 0.2) is 6.20 Å². The normalized spacial score (nSPS) is 8.67. The van der Waals surface area contributed by atoms with Crippen molar-refractivity contribution >= 4 is 11.7 Å². The molecule has 12 heavy (non-hydrogen) atoms. The van der Waals surface area contributed by atoms with Gasteiger partial charge in [-0.1, -0.05) is 11.8 Å². The Morgan fingerprint density at radius 3 is 3.00 bits per heavy atom. The van der Waals surface area contributed by atoms with Gasteiger partial charge >= 0.3 is 0 Å². The van der Waals surface area contributed by atoms with Gasteiger partial charge in [0.25, 0.3) is 0 Å². The number of nitrogens with zero attached hydrogens (tertiary/aromatic N) is 1. The van der Waals surface area contributed by atoms with Crippen LogP contribution < -0.4 is 11.5 Å². The van der Waals surface area contributed by atoms with E-state index in [2.05, 4.69) is 22.0 Å². The summed E-state index contributed by atoms with van der Waals surface area (Å²) >= 11 is 0. The highest BCUT2D eigenvalue weighted by Gasteiger charge is 1.94. The Morgan fingerprint density at radius 2 is 2.50 bits per heavy atom. The van der Waals surface area contributed by atoms with Crippen LogP contribution >= 0.6 is 0 Å². The fourth-order valence-electron chi connectivity index (χ4n) is 0.622. The first kappa shape index (κ1) is 8.14. The first-order valence-corrected chi connectivity index (χ1v) is 3.26. The maximum absolute atomic E-state index is 10.3. The summed E-state index contributed by atoms with van der Waals surface area (Å²) in [5.74, 6) is 5.16. The van der Waals surface area contributed by atoms with Gasteiger partial charge < -0.3 is 11.5 Å². The molecule has 0 aliphatic carbocycles. The summed E-state index contributed by atoms with van der Waals surface area (Å²) in [6.45, 7) is 0. The second-order valence-electron chi connectivity index (χ2n) is 2.14. The van der Waals surface area contributed by atoms with Gasteiger partial charge in [-0.15, -0.1) is 0 Å². The zero-order chi connectivity index (χ0) is 8.97. The number of anilines is 1. The first-order valence-electron chi connectivity index (χ1n) is 3.26. The van der Waals surface area contributed by atoms with Crippen molar-refractivity contribution in [3.63, 3.8) is 0 Å². The lowest BCUT2D eigenvalue weighted by Gasteiger charge is -1.83. The molecule has 0 bridgehead atoms. The number of primary amides is 1. The molecule has 1 aromatic heterocycles. The van der Waals surface area contributed by atoms with Gasteiger partial charge in [0, 0.05) is 0 Å². The van der Waals surface area contributed by atoms with E-state index in [0.29, 0.717) is 11.4 Å². The lowest BCUT2D eigenvalue weighted by atomic mass is 10.3. The van der Waals surface area contributed by atoms with E-state index in [9.17, 15) is 4.79 Å². The molecule has 0 unspecified atom stereocenters. The highest BCUT2D eigenvalue weighted by atomic mass is 16.1. The molecular formula is C7H8N4O. The number of hydrogen-bond donors (Lipinski definition) is 3. The first-order chi connectivity index (χ1) is 5.70. The molecule has 0 aromatic carbocycles. The van der Waals surface area contributed by atoms with E-state index in [1.54, 1.807) is 0 Å². The fraction of sp³-hybridized carbons (Fsp3) is 0.143. The second-order valence-corrected chi connectivity index (χ2v) is 2.14. The van der Waals surface area contributed by atoms with Crippen molar-refractivity contribution in [2.24, 2.45) is 5.73 Å². The number of nitrogens with one attached hydrogen (secondary N) is 1. The SMILES string of the molecule is NC(=O)CC#Cc1cn[nH]c1N. The summed E-state index contributed by atoms with van der Waals surface area (Å²) in [6, 6.07) is 0. The zero-order valence-corrected chi connectivity index (χ0v) is 6.29. The van der Waals surface area contributed by atoms with Crippen LogP contribution in [0.1, 0.15) is 12.0 Å². The molecule has 1 heterocycles. The van der Waals surface area contributed by atoms with Gasteiger partial charge in [0.05, 0.1) is 18.2 Å². The Bertz CT molecular complexity index is 344. The monoisotopic (exact) mass is 164 g/mol. The van der Waals surface area contributed by atoms with Gasteiger partial charge in [0.1, 0.15) is 5.82 Å². The van der Waals surface area contributed by atoms with E-state index in [1.807, 2.05) is 0 Å². The number of carbonyl (C=O) groups is 1. The van der Waals surface area contributed by atoms with Crippen molar-refractivity contribution in [2.45, 2.75) is 6.42 Å². The van der Waals surface area contributed by atoms with Crippen molar-refractivity contribution in [1.82, 2.24) is 10.2 Å². The molecule has 0 aliphatic heterocycles. The van der Waals surface area contributed by atoms with Crippen molar-refractivity contribution in [3.05, 3.63) is 11.8 Å². The molecule has 0 spiro atoms. The number of aromatic amines is 1. The Morgan fingerprint density at radius 1 is 1.75 bits per heavy atom. The molecule has 0 saturated heterocycles. The van der Waals surface area contributed by atoms with E-state index in [0.717, 1.165) is 0 Å². The predicted molar refractivity (Wildman–Crippen MR) is 43.7 cm³/mol. The molecule has 5 nitrogen and oxygen atoms in total. The summed E-state index contributed by atoms with van der Waals surface area (Å²) in [5, 5.41) is 6.17. The van der Waals surface area contributed by atoms with Crippen LogP contribution in [-0.4, -0.2) is 16.1 Å². The van der Waals surface area contributed by atoms with Crippen molar-refractivity contribution in [3.8, 4) is 11.8 Å². The van der Waals surface area contributed by atoms with Crippen LogP contribution in [0.4, 0.5) is 5.82 Å². The maximum Gasteiger partial charge on any atom is 0.229 e. The minimum absolute atomic E-state index is 0.0324. The number of hydrogen-bond acceptors (Lipinski definition) is 3. The topological polar surface area (TPSA) is 97.8 Å². The van der Waals surface area contributed by atoms with E-state index < -0.39 is 5.91 Å². The molecule has 0 radical (unpaired) electrons. The number of nitrogens with two attached hydrogens (primary N) is 2. The van der Waals surface area contributed by atoms with Crippen LogP contribution in [0, 0.1) is 11.8 Å². The number of amides is 1. The number of H-pyrrole nitrogens is 1. The number of nitrogen functional groups attached to an aromatic ring is 1. The second kappa shape index (κ2) is 3.44. The van der Waals surface area contributed by atoms with Gasteiger partial charge in [0.15, 0.2) is 0 Å². The van der Waals surface area contributed by atoms with Crippen LogP contribution in [-0.2, 0) is 4.79 Å². The van der Waals surface area contributed by atoms with E-state index >= 15 is 0 Å². The average molecular weight is 164 g/mol. The highest BCUT2D eigenvalue weighted by Crippen LogP contribution is 2.02. The Hall–Kier alpha value is -1.96. The van der Waals surface area contributed by atoms with Crippen molar-refractivity contribution < 1.29 is 4.79 Å². The molecule has 5 N–H and O–H groups in total. The minimum atomic E-state index is -0.454. The summed E-state index contributed by atoms with van der Waals surface area (Å²) in [5.41, 5.74) is 10.9. The van der Waals surface area contributed by atoms with Gasteiger partial charge in [-0.2, -0.15) is 5.10 Å². The lowest BCUT2D eigenvalue weighted by Crippen LogP contribution is -2.08. The van der Waals surface area contributed by atoms with E-state index in [-0.39, 0.29) is 6.42 Å². The van der Waals surface area contributed by atoms with Gasteiger partial charge in [-0.05, 0) is 0 Å². The van der Waals surface area contributed by atoms with Gasteiger partial charge in [0.2, 0.25) is 5.91 Å². The standard InChI is InChI=1S/C7H8N4O/c8-6(12)3-1-2-5-4-10-11-7(5)9/h4H,3H2,(H2,8,12)(H3,9,10,11). The average Bonchev–Trinajstić information content (AvgIpc) is 2.36. The van der Waals surface area contributed by atoms with Crippen LogP contribution in [0.5, 0.6) is 0 Å². The summed E-state index contributed by atoms with van der Waals surface area (Å²) in [6.07, 6.45) is 1.52. The van der Waals surface area contributed by atoms with Gasteiger partial charge in [-0.3, -0.25) is 9.89 Å². The Balaban J connectivity index is 2.67. The third-order valence-corrected chi connectivity index (χ3v) is 1.15. The summed E-state index contributed by atoms with van der Waals surface area (Å²) in [7, 11) is 0.